The van der Waals surface area contributed by atoms with E-state index in [9.17, 15) is 4.79 Å². The zero-order valence-electron chi connectivity index (χ0n) is 11.0. The fourth-order valence-corrected chi connectivity index (χ4v) is 1.46. The largest absolute Gasteiger partial charge is 0.383 e. The molecule has 0 aromatic heterocycles. The molecule has 1 amide bonds. The molecule has 4 heteroatoms. The fraction of sp³-hybridized carbons (Fsp3) is 0.917. The number of hydrogen-bond acceptors (Lipinski definition) is 3. The normalized spacial score (nSPS) is 14.9. The van der Waals surface area contributed by atoms with Crippen molar-refractivity contribution in [1.29, 1.82) is 0 Å². The zero-order chi connectivity index (χ0) is 12.6. The number of carbonyl (C=O) groups excluding carboxylic acids is 1. The van der Waals surface area contributed by atoms with Crippen molar-refractivity contribution in [3.8, 4) is 0 Å². The summed E-state index contributed by atoms with van der Waals surface area (Å²) in [6.45, 7) is 7.30. The van der Waals surface area contributed by atoms with Crippen LogP contribution in [0, 0.1) is 11.8 Å². The van der Waals surface area contributed by atoms with E-state index in [1.54, 1.807) is 7.11 Å². The van der Waals surface area contributed by atoms with Gasteiger partial charge < -0.3 is 15.8 Å². The number of methoxy groups -OCH3 is 1. The summed E-state index contributed by atoms with van der Waals surface area (Å²) in [6, 6.07) is 0.0952. The summed E-state index contributed by atoms with van der Waals surface area (Å²) in [4.78, 5) is 11.8. The molecule has 0 aliphatic carbocycles. The SMILES string of the molecule is COCC(NC(=O)C(C)CCCN)C(C)C. The van der Waals surface area contributed by atoms with Crippen molar-refractivity contribution < 1.29 is 9.53 Å². The molecule has 0 radical (unpaired) electrons. The predicted molar refractivity (Wildman–Crippen MR) is 66.1 cm³/mol. The molecule has 0 saturated heterocycles. The van der Waals surface area contributed by atoms with Crippen LogP contribution in [0.3, 0.4) is 0 Å². The van der Waals surface area contributed by atoms with Crippen molar-refractivity contribution in [1.82, 2.24) is 5.32 Å². The van der Waals surface area contributed by atoms with Gasteiger partial charge in [-0.1, -0.05) is 20.8 Å². The molecule has 3 N–H and O–H groups in total. The number of hydrogen-bond donors (Lipinski definition) is 2. The first-order valence-electron chi connectivity index (χ1n) is 6.02. The first kappa shape index (κ1) is 15.4. The first-order valence-corrected chi connectivity index (χ1v) is 6.02. The fourth-order valence-electron chi connectivity index (χ4n) is 1.46. The number of ether oxygens (including phenoxy) is 1. The van der Waals surface area contributed by atoms with E-state index in [4.69, 9.17) is 10.5 Å². The molecule has 0 rings (SSSR count). The number of nitrogens with two attached hydrogens (primary N) is 1. The predicted octanol–water partition coefficient (Wildman–Crippen LogP) is 1.15. The van der Waals surface area contributed by atoms with E-state index >= 15 is 0 Å². The minimum absolute atomic E-state index is 0.0293. The van der Waals surface area contributed by atoms with E-state index in [0.717, 1.165) is 12.8 Å². The molecule has 0 aliphatic rings. The van der Waals surface area contributed by atoms with E-state index in [1.807, 2.05) is 6.92 Å². The van der Waals surface area contributed by atoms with E-state index < -0.39 is 0 Å². The molecular formula is C12H26N2O2. The molecule has 0 aromatic carbocycles. The summed E-state index contributed by atoms with van der Waals surface area (Å²) >= 11 is 0. The Bertz CT molecular complexity index is 195. The Hall–Kier alpha value is -0.610. The van der Waals surface area contributed by atoms with Gasteiger partial charge in [-0.3, -0.25) is 4.79 Å². The van der Waals surface area contributed by atoms with Crippen molar-refractivity contribution in [2.75, 3.05) is 20.3 Å². The lowest BCUT2D eigenvalue weighted by Crippen LogP contribution is -2.44. The van der Waals surface area contributed by atoms with Crippen LogP contribution in [0.5, 0.6) is 0 Å². The van der Waals surface area contributed by atoms with Gasteiger partial charge in [0.15, 0.2) is 0 Å². The van der Waals surface area contributed by atoms with Crippen molar-refractivity contribution in [2.24, 2.45) is 17.6 Å². The Kier molecular flexibility index (Phi) is 8.21. The van der Waals surface area contributed by atoms with E-state index in [0.29, 0.717) is 19.1 Å². The van der Waals surface area contributed by atoms with Gasteiger partial charge in [-0.05, 0) is 25.3 Å². The van der Waals surface area contributed by atoms with Crippen molar-refractivity contribution in [2.45, 2.75) is 39.7 Å². The van der Waals surface area contributed by atoms with Crippen molar-refractivity contribution in [3.63, 3.8) is 0 Å². The average molecular weight is 230 g/mol. The van der Waals surface area contributed by atoms with Crippen LogP contribution in [-0.2, 0) is 9.53 Å². The van der Waals surface area contributed by atoms with Gasteiger partial charge >= 0.3 is 0 Å². The third-order valence-electron chi connectivity index (χ3n) is 2.77. The maximum absolute atomic E-state index is 11.8. The van der Waals surface area contributed by atoms with Gasteiger partial charge in [-0.15, -0.1) is 0 Å². The van der Waals surface area contributed by atoms with Crippen LogP contribution >= 0.6 is 0 Å². The standard InChI is InChI=1S/C12H26N2O2/c1-9(2)11(8-16-4)14-12(15)10(3)6-5-7-13/h9-11H,5-8,13H2,1-4H3,(H,14,15). The summed E-state index contributed by atoms with van der Waals surface area (Å²) in [5.74, 6) is 0.511. The van der Waals surface area contributed by atoms with Crippen LogP contribution in [0.2, 0.25) is 0 Å². The summed E-state index contributed by atoms with van der Waals surface area (Å²) in [5.41, 5.74) is 5.42. The topological polar surface area (TPSA) is 64.3 Å². The Labute approximate surface area is 98.9 Å². The molecular weight excluding hydrogens is 204 g/mol. The molecule has 0 spiro atoms. The average Bonchev–Trinajstić information content (AvgIpc) is 2.24. The number of amides is 1. The molecule has 0 aromatic rings. The van der Waals surface area contributed by atoms with Crippen LogP contribution < -0.4 is 11.1 Å². The summed E-state index contributed by atoms with van der Waals surface area (Å²) in [6.07, 6.45) is 1.74. The molecule has 0 fully saturated rings. The highest BCUT2D eigenvalue weighted by Crippen LogP contribution is 2.08. The van der Waals surface area contributed by atoms with Gasteiger partial charge in [0.25, 0.3) is 0 Å². The number of rotatable bonds is 8. The molecule has 4 nitrogen and oxygen atoms in total. The number of nitrogens with one attached hydrogen (secondary N) is 1. The van der Waals surface area contributed by atoms with Crippen LogP contribution in [0.25, 0.3) is 0 Å². The summed E-state index contributed by atoms with van der Waals surface area (Å²) < 4.78 is 5.09. The second-order valence-corrected chi connectivity index (χ2v) is 4.65. The molecule has 16 heavy (non-hydrogen) atoms. The van der Waals surface area contributed by atoms with Gasteiger partial charge in [0.2, 0.25) is 5.91 Å². The summed E-state index contributed by atoms with van der Waals surface area (Å²) in [5, 5.41) is 3.02. The maximum atomic E-state index is 11.8. The minimum atomic E-state index is 0.0293. The van der Waals surface area contributed by atoms with Crippen LogP contribution in [0.15, 0.2) is 0 Å². The van der Waals surface area contributed by atoms with Crippen molar-refractivity contribution in [3.05, 3.63) is 0 Å². The quantitative estimate of drug-likeness (QED) is 0.657. The third-order valence-corrected chi connectivity index (χ3v) is 2.77. The maximum Gasteiger partial charge on any atom is 0.223 e. The second-order valence-electron chi connectivity index (χ2n) is 4.65. The van der Waals surface area contributed by atoms with Crippen LogP contribution in [0.1, 0.15) is 33.6 Å². The van der Waals surface area contributed by atoms with Gasteiger partial charge in [0.1, 0.15) is 0 Å². The van der Waals surface area contributed by atoms with Gasteiger partial charge in [0.05, 0.1) is 12.6 Å². The molecule has 2 unspecified atom stereocenters. The highest BCUT2D eigenvalue weighted by atomic mass is 16.5. The molecule has 2 atom stereocenters. The zero-order valence-corrected chi connectivity index (χ0v) is 11.0. The Morgan fingerprint density at radius 3 is 2.44 bits per heavy atom. The highest BCUT2D eigenvalue weighted by molar-refractivity contribution is 5.78. The Balaban J connectivity index is 4.07. The lowest BCUT2D eigenvalue weighted by molar-refractivity contribution is -0.126. The molecule has 0 heterocycles. The van der Waals surface area contributed by atoms with Gasteiger partial charge in [-0.2, -0.15) is 0 Å². The smallest absolute Gasteiger partial charge is 0.223 e. The van der Waals surface area contributed by atoms with E-state index in [-0.39, 0.29) is 17.9 Å². The first-order chi connectivity index (χ1) is 7.52. The van der Waals surface area contributed by atoms with Crippen molar-refractivity contribution >= 4 is 5.91 Å². The van der Waals surface area contributed by atoms with Gasteiger partial charge in [0, 0.05) is 13.0 Å². The lowest BCUT2D eigenvalue weighted by Gasteiger charge is -2.23. The van der Waals surface area contributed by atoms with Crippen LogP contribution in [-0.4, -0.2) is 32.2 Å². The monoisotopic (exact) mass is 230 g/mol. The number of carbonyl (C=O) groups is 1. The van der Waals surface area contributed by atoms with Gasteiger partial charge in [-0.25, -0.2) is 0 Å². The van der Waals surface area contributed by atoms with Crippen LogP contribution in [0.4, 0.5) is 0 Å². The highest BCUT2D eigenvalue weighted by Gasteiger charge is 2.19. The Morgan fingerprint density at radius 2 is 2.00 bits per heavy atom. The Morgan fingerprint density at radius 1 is 1.38 bits per heavy atom. The molecule has 0 aliphatic heterocycles. The van der Waals surface area contributed by atoms with E-state index in [2.05, 4.69) is 19.2 Å². The third kappa shape index (κ3) is 6.08. The molecule has 0 bridgehead atoms. The van der Waals surface area contributed by atoms with E-state index in [1.165, 1.54) is 0 Å². The summed E-state index contributed by atoms with van der Waals surface area (Å²) in [7, 11) is 1.65. The lowest BCUT2D eigenvalue weighted by atomic mass is 10.0. The second kappa shape index (κ2) is 8.53. The molecule has 96 valence electrons. The minimum Gasteiger partial charge on any atom is -0.383 e. The molecule has 0 saturated carbocycles.